The van der Waals surface area contributed by atoms with E-state index in [0.29, 0.717) is 25.1 Å². The van der Waals surface area contributed by atoms with Gasteiger partial charge in [0.15, 0.2) is 0 Å². The molecule has 1 aliphatic heterocycles. The van der Waals surface area contributed by atoms with Gasteiger partial charge in [-0.05, 0) is 30.5 Å². The van der Waals surface area contributed by atoms with E-state index in [4.69, 9.17) is 0 Å². The number of hydrogen-bond donors (Lipinski definition) is 1. The largest absolute Gasteiger partial charge is 0.338 e. The second-order valence-electron chi connectivity index (χ2n) is 4.98. The normalized spacial score (nSPS) is 18.7. The van der Waals surface area contributed by atoms with E-state index in [1.54, 1.807) is 11.0 Å². The van der Waals surface area contributed by atoms with Crippen molar-refractivity contribution < 1.29 is 17.6 Å². The van der Waals surface area contributed by atoms with Crippen molar-refractivity contribution in [2.75, 3.05) is 19.6 Å². The summed E-state index contributed by atoms with van der Waals surface area (Å²) in [6, 6.07) is 5.55. The first-order valence-electron chi connectivity index (χ1n) is 6.58. The van der Waals surface area contributed by atoms with Crippen LogP contribution >= 0.6 is 0 Å². The highest BCUT2D eigenvalue weighted by atomic mass is 32.2. The zero-order valence-corrected chi connectivity index (χ0v) is 12.3. The summed E-state index contributed by atoms with van der Waals surface area (Å²) in [5.41, 5.74) is 0.308. The minimum atomic E-state index is -3.44. The van der Waals surface area contributed by atoms with Crippen LogP contribution in [0, 0.1) is 11.7 Å². The van der Waals surface area contributed by atoms with Gasteiger partial charge in [0.2, 0.25) is 10.0 Å². The first-order valence-corrected chi connectivity index (χ1v) is 8.13. The molecule has 0 bridgehead atoms. The molecule has 2 rings (SSSR count). The molecule has 1 atom stereocenters. The molecule has 0 radical (unpaired) electrons. The number of halogens is 1. The van der Waals surface area contributed by atoms with Crippen molar-refractivity contribution >= 4 is 15.9 Å². The maximum atomic E-state index is 13.1. The number of amides is 1. The summed E-state index contributed by atoms with van der Waals surface area (Å²) in [6.45, 7) is 4.47. The van der Waals surface area contributed by atoms with Gasteiger partial charge in [-0.3, -0.25) is 4.79 Å². The summed E-state index contributed by atoms with van der Waals surface area (Å²) in [4.78, 5) is 13.8. The van der Waals surface area contributed by atoms with Crippen LogP contribution in [0.3, 0.4) is 0 Å². The zero-order valence-electron chi connectivity index (χ0n) is 11.5. The van der Waals surface area contributed by atoms with Crippen LogP contribution in [0.1, 0.15) is 16.8 Å². The van der Waals surface area contributed by atoms with Gasteiger partial charge < -0.3 is 4.90 Å². The van der Waals surface area contributed by atoms with Crippen molar-refractivity contribution in [2.24, 2.45) is 5.92 Å². The Labute approximate surface area is 123 Å². The van der Waals surface area contributed by atoms with Crippen LogP contribution in [0.5, 0.6) is 0 Å². The van der Waals surface area contributed by atoms with Gasteiger partial charge in [0, 0.05) is 30.6 Å². The fraction of sp³-hybridized carbons (Fsp3) is 0.357. The van der Waals surface area contributed by atoms with Crippen molar-refractivity contribution in [3.05, 3.63) is 47.6 Å². The minimum absolute atomic E-state index is 0.0530. The predicted molar refractivity (Wildman–Crippen MR) is 77.5 cm³/mol. The van der Waals surface area contributed by atoms with E-state index in [1.807, 2.05) is 0 Å². The quantitative estimate of drug-likeness (QED) is 0.892. The lowest BCUT2D eigenvalue weighted by Crippen LogP contribution is -2.32. The molecule has 1 N–H and O–H groups in total. The van der Waals surface area contributed by atoms with E-state index < -0.39 is 15.8 Å². The van der Waals surface area contributed by atoms with Crippen molar-refractivity contribution in [2.45, 2.75) is 6.42 Å². The molecule has 1 saturated heterocycles. The van der Waals surface area contributed by atoms with E-state index in [2.05, 4.69) is 11.3 Å². The van der Waals surface area contributed by atoms with Gasteiger partial charge in [0.25, 0.3) is 5.91 Å². The van der Waals surface area contributed by atoms with Crippen molar-refractivity contribution in [3.8, 4) is 0 Å². The molecule has 0 unspecified atom stereocenters. The molecule has 1 amide bonds. The number of nitrogens with zero attached hydrogens (tertiary/aromatic N) is 1. The lowest BCUT2D eigenvalue weighted by atomic mass is 10.1. The standard InChI is InChI=1S/C14H17FN2O3S/c1-2-21(19,20)16-9-11-6-7-17(10-11)14(18)12-4-3-5-13(15)8-12/h2-5,8,11,16H,1,6-7,9-10H2/t11-/m1/s1. The fourth-order valence-corrected chi connectivity index (χ4v) is 2.87. The predicted octanol–water partition coefficient (Wildman–Crippen LogP) is 1.35. The molecule has 1 aromatic rings. The highest BCUT2D eigenvalue weighted by Crippen LogP contribution is 2.18. The van der Waals surface area contributed by atoms with Gasteiger partial charge in [-0.2, -0.15) is 0 Å². The Morgan fingerprint density at radius 1 is 1.52 bits per heavy atom. The number of benzene rings is 1. The molecule has 21 heavy (non-hydrogen) atoms. The van der Waals surface area contributed by atoms with Crippen LogP contribution in [0.2, 0.25) is 0 Å². The number of sulfonamides is 1. The SMILES string of the molecule is C=CS(=O)(=O)NC[C@H]1CCN(C(=O)c2cccc(F)c2)C1. The second-order valence-corrected chi connectivity index (χ2v) is 6.69. The van der Waals surface area contributed by atoms with Crippen LogP contribution in [0.25, 0.3) is 0 Å². The lowest BCUT2D eigenvalue weighted by molar-refractivity contribution is 0.0787. The lowest BCUT2D eigenvalue weighted by Gasteiger charge is -2.16. The zero-order chi connectivity index (χ0) is 15.5. The average Bonchev–Trinajstić information content (AvgIpc) is 2.93. The van der Waals surface area contributed by atoms with E-state index in [-0.39, 0.29) is 18.4 Å². The molecule has 7 heteroatoms. The van der Waals surface area contributed by atoms with Crippen LogP contribution in [-0.2, 0) is 10.0 Å². The first kappa shape index (κ1) is 15.7. The number of hydrogen-bond acceptors (Lipinski definition) is 3. The highest BCUT2D eigenvalue weighted by molar-refractivity contribution is 7.92. The highest BCUT2D eigenvalue weighted by Gasteiger charge is 2.27. The van der Waals surface area contributed by atoms with Crippen LogP contribution < -0.4 is 4.72 Å². The smallest absolute Gasteiger partial charge is 0.253 e. The van der Waals surface area contributed by atoms with Crippen LogP contribution in [0.15, 0.2) is 36.3 Å². The van der Waals surface area contributed by atoms with E-state index in [1.165, 1.54) is 18.2 Å². The number of nitrogens with one attached hydrogen (secondary N) is 1. The van der Waals surface area contributed by atoms with Gasteiger partial charge in [-0.1, -0.05) is 12.6 Å². The number of carbonyl (C=O) groups excluding carboxylic acids is 1. The van der Waals surface area contributed by atoms with Crippen LogP contribution in [0.4, 0.5) is 4.39 Å². The average molecular weight is 312 g/mol. The third-order valence-corrected chi connectivity index (χ3v) is 4.45. The molecular formula is C14H17FN2O3S. The summed E-state index contributed by atoms with van der Waals surface area (Å²) >= 11 is 0. The number of carbonyl (C=O) groups is 1. The molecular weight excluding hydrogens is 295 g/mol. The van der Waals surface area contributed by atoms with E-state index in [9.17, 15) is 17.6 Å². The minimum Gasteiger partial charge on any atom is -0.338 e. The summed E-state index contributed by atoms with van der Waals surface area (Å²) < 4.78 is 38.1. The second kappa shape index (κ2) is 6.36. The molecule has 0 spiro atoms. The maximum Gasteiger partial charge on any atom is 0.253 e. The Morgan fingerprint density at radius 2 is 2.29 bits per heavy atom. The molecule has 1 fully saturated rings. The Hall–Kier alpha value is -1.73. The summed E-state index contributed by atoms with van der Waals surface area (Å²) in [5.74, 6) is -0.629. The molecule has 1 aromatic carbocycles. The monoisotopic (exact) mass is 312 g/mol. The van der Waals surface area contributed by atoms with Crippen molar-refractivity contribution in [3.63, 3.8) is 0 Å². The topological polar surface area (TPSA) is 66.5 Å². The molecule has 5 nitrogen and oxygen atoms in total. The Bertz CT molecular complexity index is 645. The molecule has 0 aliphatic carbocycles. The van der Waals surface area contributed by atoms with Crippen molar-refractivity contribution in [1.29, 1.82) is 0 Å². The number of likely N-dealkylation sites (tertiary alicyclic amines) is 1. The van der Waals surface area contributed by atoms with Gasteiger partial charge >= 0.3 is 0 Å². The van der Waals surface area contributed by atoms with Gasteiger partial charge in [-0.25, -0.2) is 17.5 Å². The molecule has 114 valence electrons. The molecule has 0 saturated carbocycles. The Morgan fingerprint density at radius 3 is 2.95 bits per heavy atom. The Balaban J connectivity index is 1.93. The van der Waals surface area contributed by atoms with Crippen LogP contribution in [-0.4, -0.2) is 38.9 Å². The molecule has 1 heterocycles. The fourth-order valence-electron chi connectivity index (χ4n) is 2.28. The van der Waals surface area contributed by atoms with Gasteiger partial charge in [-0.15, -0.1) is 0 Å². The van der Waals surface area contributed by atoms with E-state index >= 15 is 0 Å². The van der Waals surface area contributed by atoms with Gasteiger partial charge in [0.1, 0.15) is 5.82 Å². The maximum absolute atomic E-state index is 13.1. The first-order chi connectivity index (χ1) is 9.91. The third-order valence-electron chi connectivity index (χ3n) is 3.44. The van der Waals surface area contributed by atoms with Gasteiger partial charge in [0.05, 0.1) is 0 Å². The van der Waals surface area contributed by atoms with Crippen molar-refractivity contribution in [1.82, 2.24) is 9.62 Å². The third kappa shape index (κ3) is 4.12. The summed E-state index contributed by atoms with van der Waals surface area (Å²) in [6.07, 6.45) is 0.709. The summed E-state index contributed by atoms with van der Waals surface area (Å²) in [5, 5.41) is 0.859. The molecule has 1 aliphatic rings. The Kier molecular flexibility index (Phi) is 4.74. The van der Waals surface area contributed by atoms with E-state index in [0.717, 1.165) is 5.41 Å². The molecule has 0 aromatic heterocycles. The number of rotatable bonds is 5. The summed E-state index contributed by atoms with van der Waals surface area (Å²) in [7, 11) is -3.44.